The molecule has 1 aliphatic rings. The molecule has 0 aromatic heterocycles. The molecule has 2 atom stereocenters. The maximum atomic E-state index is 10.3. The number of aromatic hydroxyl groups is 1. The predicted octanol–water partition coefficient (Wildman–Crippen LogP) is -1.38. The number of rotatable bonds is 2. The maximum absolute atomic E-state index is 10.3. The molecule has 7 N–H and O–H groups in total. The van der Waals surface area contributed by atoms with Crippen LogP contribution in [-0.4, -0.2) is 67.4 Å². The Hall–Kier alpha value is -1.54. The molecule has 1 aromatic carbocycles. The Kier molecular flexibility index (Phi) is 7.93. The number of hydrogen-bond donors (Lipinski definition) is 4. The van der Waals surface area contributed by atoms with Gasteiger partial charge in [0.15, 0.2) is 0 Å². The Bertz CT molecular complexity index is 427. The average Bonchev–Trinajstić information content (AvgIpc) is 2.83. The first kappa shape index (κ1) is 18.5. The van der Waals surface area contributed by atoms with Gasteiger partial charge in [0, 0.05) is 0 Å². The molecule has 0 spiro atoms. The third kappa shape index (κ3) is 5.22. The first-order chi connectivity index (χ1) is 8.93. The molecule has 111 valence electrons. The average molecular weight is 397 g/mol. The summed E-state index contributed by atoms with van der Waals surface area (Å²) in [5.41, 5.74) is 5.69. The third-order valence-electron chi connectivity index (χ3n) is 2.01. The number of nitrogen functional groups attached to an aromatic ring is 1. The van der Waals surface area contributed by atoms with Gasteiger partial charge in [-0.15, -0.1) is 0 Å². The Morgan fingerprint density at radius 1 is 1.10 bits per heavy atom. The molecule has 2 rings (SSSR count). The van der Waals surface area contributed by atoms with E-state index in [0.717, 1.165) is 0 Å². The van der Waals surface area contributed by atoms with Crippen molar-refractivity contribution in [3.63, 3.8) is 0 Å². The van der Waals surface area contributed by atoms with Crippen LogP contribution in [-0.2, 0) is 15.6 Å². The van der Waals surface area contributed by atoms with Crippen molar-refractivity contribution in [2.45, 2.75) is 12.2 Å². The van der Waals surface area contributed by atoms with Gasteiger partial charge in [-0.2, -0.15) is 0 Å². The number of phenols is 1. The minimum absolute atomic E-state index is 0. The van der Waals surface area contributed by atoms with Crippen LogP contribution in [0.1, 0.15) is 0 Å². The Balaban J connectivity index is 0.000000359. The SMILES string of the molecule is Nc1ccccc1O.O.O=C(O)C1[O][Sb][O]C1C(=O)O. The normalized spacial score (nSPS) is 20.2. The van der Waals surface area contributed by atoms with E-state index in [1.807, 2.05) is 0 Å². The second kappa shape index (κ2) is 8.59. The molecule has 1 heterocycles. The van der Waals surface area contributed by atoms with Gasteiger partial charge >= 0.3 is 72.4 Å². The summed E-state index contributed by atoms with van der Waals surface area (Å²) < 4.78 is 9.27. The van der Waals surface area contributed by atoms with Crippen LogP contribution >= 0.6 is 0 Å². The number of nitrogens with two attached hydrogens (primary N) is 1. The monoisotopic (exact) mass is 396 g/mol. The first-order valence-electron chi connectivity index (χ1n) is 4.94. The molecule has 10 heteroatoms. The van der Waals surface area contributed by atoms with Gasteiger partial charge in [0.05, 0.1) is 5.69 Å². The van der Waals surface area contributed by atoms with E-state index in [-0.39, 0.29) is 11.2 Å². The summed E-state index contributed by atoms with van der Waals surface area (Å²) in [5, 5.41) is 25.6. The second-order valence-corrected chi connectivity index (χ2v) is 4.99. The Labute approximate surface area is 124 Å². The van der Waals surface area contributed by atoms with E-state index in [1.54, 1.807) is 24.3 Å². The van der Waals surface area contributed by atoms with Gasteiger partial charge < -0.3 is 16.3 Å². The Morgan fingerprint density at radius 3 is 1.85 bits per heavy atom. The van der Waals surface area contributed by atoms with E-state index in [4.69, 9.17) is 21.1 Å². The van der Waals surface area contributed by atoms with Crippen LogP contribution in [0.4, 0.5) is 5.69 Å². The summed E-state index contributed by atoms with van der Waals surface area (Å²) in [5.74, 6) is -2.43. The Morgan fingerprint density at radius 2 is 1.55 bits per heavy atom. The molecule has 9 nitrogen and oxygen atoms in total. The molecule has 1 saturated heterocycles. The van der Waals surface area contributed by atoms with Gasteiger partial charge in [0.1, 0.15) is 5.75 Å². The van der Waals surface area contributed by atoms with Crippen molar-refractivity contribution >= 4 is 40.1 Å². The van der Waals surface area contributed by atoms with Crippen molar-refractivity contribution in [3.05, 3.63) is 24.3 Å². The van der Waals surface area contributed by atoms with Crippen molar-refractivity contribution in [3.8, 4) is 5.75 Å². The van der Waals surface area contributed by atoms with Crippen LogP contribution in [0.5, 0.6) is 5.75 Å². The molecule has 0 amide bonds. The van der Waals surface area contributed by atoms with E-state index in [2.05, 4.69) is 6.03 Å². The molecule has 1 aliphatic heterocycles. The van der Waals surface area contributed by atoms with Crippen molar-refractivity contribution in [1.29, 1.82) is 0 Å². The molecule has 1 aromatic rings. The number of benzene rings is 1. The zero-order valence-corrected chi connectivity index (χ0v) is 12.5. The fraction of sp³-hybridized carbons (Fsp3) is 0.200. The van der Waals surface area contributed by atoms with Crippen LogP contribution in [0.2, 0.25) is 0 Å². The van der Waals surface area contributed by atoms with Gasteiger partial charge in [-0.05, 0) is 12.1 Å². The molecule has 20 heavy (non-hydrogen) atoms. The zero-order valence-electron chi connectivity index (χ0n) is 9.96. The van der Waals surface area contributed by atoms with Crippen molar-refractivity contribution < 1.29 is 36.4 Å². The van der Waals surface area contributed by atoms with E-state index in [9.17, 15) is 9.59 Å². The molecular formula is C10H13NO8Sb. The summed E-state index contributed by atoms with van der Waals surface area (Å²) >= 11 is -1.49. The summed E-state index contributed by atoms with van der Waals surface area (Å²) in [7, 11) is 0. The molecule has 2 unspecified atom stereocenters. The topological polar surface area (TPSA) is 171 Å². The van der Waals surface area contributed by atoms with Gasteiger partial charge in [0.25, 0.3) is 0 Å². The summed E-state index contributed by atoms with van der Waals surface area (Å²) in [6.07, 6.45) is -2.63. The van der Waals surface area contributed by atoms with Gasteiger partial charge in [-0.25, -0.2) is 0 Å². The first-order valence-corrected chi connectivity index (χ1v) is 7.03. The molecule has 1 fully saturated rings. The van der Waals surface area contributed by atoms with Gasteiger partial charge in [-0.3, -0.25) is 0 Å². The van der Waals surface area contributed by atoms with Gasteiger partial charge in [-0.1, -0.05) is 12.1 Å². The number of para-hydroxylation sites is 2. The number of anilines is 1. The second-order valence-electron chi connectivity index (χ2n) is 3.36. The summed E-state index contributed by atoms with van der Waals surface area (Å²) in [6, 6.07) is 6.70. The number of carbonyl (C=O) groups is 2. The standard InChI is InChI=1S/C6H7NO.C4H4O6.H2O.Sb/c7-5-3-1-2-4-6(5)8;5-1(3(7)8)2(6)4(9)10;;/h1-4,8H,7H2;1-2H,(H,7,8)(H,9,10);1H2;/q;-2;;+2. The van der Waals surface area contributed by atoms with Crippen LogP contribution < -0.4 is 5.73 Å². The molecule has 0 saturated carbocycles. The molecule has 0 aliphatic carbocycles. The molecule has 1 radical (unpaired) electrons. The van der Waals surface area contributed by atoms with Crippen molar-refractivity contribution in [2.75, 3.05) is 5.73 Å². The van der Waals surface area contributed by atoms with Crippen LogP contribution in [0.3, 0.4) is 0 Å². The number of hydrogen-bond acceptors (Lipinski definition) is 6. The van der Waals surface area contributed by atoms with Crippen LogP contribution in [0.15, 0.2) is 24.3 Å². The fourth-order valence-electron chi connectivity index (χ4n) is 1.06. The minimum atomic E-state index is -1.49. The van der Waals surface area contributed by atoms with Crippen LogP contribution in [0.25, 0.3) is 0 Å². The van der Waals surface area contributed by atoms with E-state index in [1.165, 1.54) is 0 Å². The molecular weight excluding hydrogens is 384 g/mol. The quantitative estimate of drug-likeness (QED) is 0.269. The van der Waals surface area contributed by atoms with Gasteiger partial charge in [0.2, 0.25) is 0 Å². The number of carboxylic acid groups (broad SMARTS) is 2. The third-order valence-corrected chi connectivity index (χ3v) is 3.80. The fourth-order valence-corrected chi connectivity index (χ4v) is 2.88. The van der Waals surface area contributed by atoms with E-state index < -0.39 is 46.6 Å². The predicted molar refractivity (Wildman–Crippen MR) is 66.9 cm³/mol. The number of phenolic OH excluding ortho intramolecular Hbond substituents is 1. The number of aliphatic carboxylic acids is 2. The van der Waals surface area contributed by atoms with Crippen molar-refractivity contribution in [1.82, 2.24) is 0 Å². The van der Waals surface area contributed by atoms with Crippen molar-refractivity contribution in [2.24, 2.45) is 0 Å². The summed E-state index contributed by atoms with van der Waals surface area (Å²) in [6.45, 7) is 0. The molecule has 0 bridgehead atoms. The van der Waals surface area contributed by atoms with E-state index in [0.29, 0.717) is 5.69 Å². The van der Waals surface area contributed by atoms with E-state index >= 15 is 0 Å². The summed E-state index contributed by atoms with van der Waals surface area (Å²) in [4.78, 5) is 20.5. The number of carboxylic acids is 2. The van der Waals surface area contributed by atoms with Crippen LogP contribution in [0, 0.1) is 0 Å². The zero-order chi connectivity index (χ0) is 14.4.